The molecule has 0 aromatic heterocycles. The van der Waals surface area contributed by atoms with Crippen molar-refractivity contribution in [2.45, 2.75) is 25.8 Å². The monoisotopic (exact) mass is 410 g/mol. The maximum atomic E-state index is 12.8. The molecule has 1 N–H and O–H groups in total. The average molecular weight is 411 g/mol. The van der Waals surface area contributed by atoms with Gasteiger partial charge in [-0.1, -0.05) is 66.7 Å². The van der Waals surface area contributed by atoms with Crippen LogP contribution in [-0.4, -0.2) is 32.7 Å². The number of fused-ring (bicyclic) bond motifs is 1. The number of benzene rings is 3. The molecule has 5 nitrogen and oxygen atoms in total. The fraction of sp³-hybridized carbons (Fsp3) is 0.261. The average Bonchev–Trinajstić information content (AvgIpc) is 2.65. The molecule has 152 valence electrons. The first kappa shape index (κ1) is 20.9. The molecule has 0 fully saturated rings. The Morgan fingerprint density at radius 3 is 2.24 bits per heavy atom. The Balaban J connectivity index is 1.83. The van der Waals surface area contributed by atoms with E-state index in [0.717, 1.165) is 22.6 Å². The summed E-state index contributed by atoms with van der Waals surface area (Å²) in [5, 5.41) is 4.69. The molecule has 0 heterocycles. The molecule has 3 aromatic carbocycles. The van der Waals surface area contributed by atoms with Gasteiger partial charge in [0.2, 0.25) is 15.9 Å². The van der Waals surface area contributed by atoms with Crippen molar-refractivity contribution in [3.05, 3.63) is 78.4 Å². The van der Waals surface area contributed by atoms with Gasteiger partial charge in [0.25, 0.3) is 0 Å². The van der Waals surface area contributed by atoms with Crippen LogP contribution in [0.1, 0.15) is 19.4 Å². The van der Waals surface area contributed by atoms with Crippen LogP contribution in [-0.2, 0) is 21.2 Å². The number of hydrogen-bond donors (Lipinski definition) is 1. The number of carbonyl (C=O) groups excluding carboxylic acids is 1. The predicted molar refractivity (Wildman–Crippen MR) is 119 cm³/mol. The molecule has 0 radical (unpaired) electrons. The third kappa shape index (κ3) is 5.35. The lowest BCUT2D eigenvalue weighted by Gasteiger charge is -2.29. The van der Waals surface area contributed by atoms with Crippen molar-refractivity contribution in [3.8, 4) is 0 Å². The Kier molecular flexibility index (Phi) is 5.94. The van der Waals surface area contributed by atoms with Crippen LogP contribution in [0.2, 0.25) is 0 Å². The Hall–Kier alpha value is -2.86. The molecule has 0 aliphatic heterocycles. The SMILES string of the molecule is CC(C)(Cc1ccccc1)NC(=O)CN(c1cccc2ccccc12)S(C)(=O)=O. The van der Waals surface area contributed by atoms with Crippen molar-refractivity contribution in [1.82, 2.24) is 5.32 Å². The minimum Gasteiger partial charge on any atom is -0.349 e. The Morgan fingerprint density at radius 1 is 0.931 bits per heavy atom. The van der Waals surface area contributed by atoms with Crippen LogP contribution in [0.3, 0.4) is 0 Å². The van der Waals surface area contributed by atoms with Crippen LogP contribution in [0.4, 0.5) is 5.69 Å². The maximum absolute atomic E-state index is 12.8. The summed E-state index contributed by atoms with van der Waals surface area (Å²) in [6.07, 6.45) is 1.77. The lowest BCUT2D eigenvalue weighted by Crippen LogP contribution is -2.50. The number of anilines is 1. The summed E-state index contributed by atoms with van der Waals surface area (Å²) in [4.78, 5) is 12.8. The third-order valence-corrected chi connectivity index (χ3v) is 5.82. The summed E-state index contributed by atoms with van der Waals surface area (Å²) >= 11 is 0. The number of hydrogen-bond acceptors (Lipinski definition) is 3. The van der Waals surface area contributed by atoms with E-state index in [1.165, 1.54) is 4.31 Å². The maximum Gasteiger partial charge on any atom is 0.241 e. The minimum absolute atomic E-state index is 0.273. The van der Waals surface area contributed by atoms with E-state index in [4.69, 9.17) is 0 Å². The van der Waals surface area contributed by atoms with E-state index in [1.54, 1.807) is 12.1 Å². The van der Waals surface area contributed by atoms with E-state index in [0.29, 0.717) is 12.1 Å². The van der Waals surface area contributed by atoms with Crippen LogP contribution in [0.25, 0.3) is 10.8 Å². The minimum atomic E-state index is -3.65. The molecule has 3 rings (SSSR count). The smallest absolute Gasteiger partial charge is 0.241 e. The second-order valence-electron chi connectivity index (χ2n) is 7.86. The van der Waals surface area contributed by atoms with Crippen LogP contribution in [0, 0.1) is 0 Å². The Labute approximate surface area is 172 Å². The van der Waals surface area contributed by atoms with Gasteiger partial charge in [-0.25, -0.2) is 8.42 Å². The largest absolute Gasteiger partial charge is 0.349 e. The van der Waals surface area contributed by atoms with Crippen LogP contribution < -0.4 is 9.62 Å². The molecular weight excluding hydrogens is 384 g/mol. The standard InChI is InChI=1S/C23H26N2O3S/c1-23(2,16-18-10-5-4-6-11-18)24-22(26)17-25(29(3,27)28)21-15-9-13-19-12-7-8-14-20(19)21/h4-15H,16-17H2,1-3H3,(H,24,26). The fourth-order valence-corrected chi connectivity index (χ4v) is 4.37. The first-order valence-corrected chi connectivity index (χ1v) is 11.3. The van der Waals surface area contributed by atoms with E-state index in [2.05, 4.69) is 5.32 Å². The van der Waals surface area contributed by atoms with Gasteiger partial charge in [0.05, 0.1) is 11.9 Å². The van der Waals surface area contributed by atoms with Crippen molar-refractivity contribution >= 4 is 32.4 Å². The highest BCUT2D eigenvalue weighted by molar-refractivity contribution is 7.92. The summed E-state index contributed by atoms with van der Waals surface area (Å²) in [5.74, 6) is -0.343. The summed E-state index contributed by atoms with van der Waals surface area (Å²) in [6.45, 7) is 3.59. The number of sulfonamides is 1. The van der Waals surface area contributed by atoms with Crippen molar-refractivity contribution < 1.29 is 13.2 Å². The van der Waals surface area contributed by atoms with Crippen LogP contribution >= 0.6 is 0 Å². The van der Waals surface area contributed by atoms with Crippen LogP contribution in [0.15, 0.2) is 72.8 Å². The van der Waals surface area contributed by atoms with Gasteiger partial charge in [-0.15, -0.1) is 0 Å². The zero-order valence-electron chi connectivity index (χ0n) is 16.9. The lowest BCUT2D eigenvalue weighted by atomic mass is 9.95. The van der Waals surface area contributed by atoms with Gasteiger partial charge >= 0.3 is 0 Å². The normalized spacial score (nSPS) is 12.0. The van der Waals surface area contributed by atoms with Gasteiger partial charge in [0.1, 0.15) is 6.54 Å². The predicted octanol–water partition coefficient (Wildman–Crippen LogP) is 3.74. The molecule has 3 aromatic rings. The second kappa shape index (κ2) is 8.25. The molecule has 29 heavy (non-hydrogen) atoms. The molecule has 6 heteroatoms. The van der Waals surface area contributed by atoms with Gasteiger partial charge in [0.15, 0.2) is 0 Å². The lowest BCUT2D eigenvalue weighted by molar-refractivity contribution is -0.121. The summed E-state index contributed by atoms with van der Waals surface area (Å²) in [5.41, 5.74) is 1.09. The quantitative estimate of drug-likeness (QED) is 0.645. The van der Waals surface area contributed by atoms with Gasteiger partial charge in [-0.05, 0) is 37.3 Å². The van der Waals surface area contributed by atoms with Gasteiger partial charge < -0.3 is 5.32 Å². The Bertz CT molecular complexity index is 1100. The van der Waals surface area contributed by atoms with E-state index in [1.807, 2.05) is 74.5 Å². The molecule has 0 bridgehead atoms. The molecule has 0 spiro atoms. The molecular formula is C23H26N2O3S. The van der Waals surface area contributed by atoms with Crippen molar-refractivity contribution in [2.75, 3.05) is 17.1 Å². The molecule has 0 atom stereocenters. The highest BCUT2D eigenvalue weighted by Crippen LogP contribution is 2.28. The van der Waals surface area contributed by atoms with Crippen molar-refractivity contribution in [2.24, 2.45) is 0 Å². The number of nitrogens with zero attached hydrogens (tertiary/aromatic N) is 1. The summed E-state index contributed by atoms with van der Waals surface area (Å²) in [7, 11) is -3.65. The van der Waals surface area contributed by atoms with Gasteiger partial charge in [0, 0.05) is 10.9 Å². The van der Waals surface area contributed by atoms with Crippen LogP contribution in [0.5, 0.6) is 0 Å². The molecule has 0 saturated carbocycles. The van der Waals surface area contributed by atoms with E-state index >= 15 is 0 Å². The molecule has 0 saturated heterocycles. The van der Waals surface area contributed by atoms with E-state index in [-0.39, 0.29) is 12.5 Å². The zero-order valence-corrected chi connectivity index (χ0v) is 17.7. The highest BCUT2D eigenvalue weighted by Gasteiger charge is 2.26. The topological polar surface area (TPSA) is 66.5 Å². The first-order valence-electron chi connectivity index (χ1n) is 9.46. The van der Waals surface area contributed by atoms with E-state index in [9.17, 15) is 13.2 Å². The van der Waals surface area contributed by atoms with Crippen molar-refractivity contribution in [1.29, 1.82) is 0 Å². The Morgan fingerprint density at radius 2 is 1.55 bits per heavy atom. The second-order valence-corrected chi connectivity index (χ2v) is 9.77. The zero-order chi connectivity index (χ0) is 21.1. The van der Waals surface area contributed by atoms with Crippen molar-refractivity contribution in [3.63, 3.8) is 0 Å². The third-order valence-electron chi connectivity index (χ3n) is 4.69. The molecule has 0 aliphatic rings. The molecule has 1 amide bonds. The number of carbonyl (C=O) groups is 1. The first-order chi connectivity index (χ1) is 13.7. The van der Waals surface area contributed by atoms with Gasteiger partial charge in [-0.2, -0.15) is 0 Å². The number of nitrogens with one attached hydrogen (secondary N) is 1. The van der Waals surface area contributed by atoms with E-state index < -0.39 is 15.6 Å². The summed E-state index contributed by atoms with van der Waals surface area (Å²) < 4.78 is 26.2. The van der Waals surface area contributed by atoms with Gasteiger partial charge in [-0.3, -0.25) is 9.10 Å². The summed E-state index contributed by atoms with van der Waals surface area (Å²) in [6, 6.07) is 22.9. The number of amides is 1. The highest BCUT2D eigenvalue weighted by atomic mass is 32.2. The fourth-order valence-electron chi connectivity index (χ4n) is 3.50. The molecule has 0 unspecified atom stereocenters. The number of rotatable bonds is 7. The molecule has 0 aliphatic carbocycles.